The third kappa shape index (κ3) is 2.09. The number of nitrogens with zero attached hydrogens (tertiary/aromatic N) is 1. The summed E-state index contributed by atoms with van der Waals surface area (Å²) in [6.45, 7) is 0. The van der Waals surface area contributed by atoms with Crippen LogP contribution in [-0.2, 0) is 0 Å². The topological polar surface area (TPSA) is 20.3 Å². The van der Waals surface area contributed by atoms with Crippen molar-refractivity contribution in [2.75, 3.05) is 14.1 Å². The molecule has 2 nitrogen and oxygen atoms in total. The lowest BCUT2D eigenvalue weighted by Crippen LogP contribution is -2.21. The molecular formula is C11H11NO. The van der Waals surface area contributed by atoms with Crippen LogP contribution in [0.15, 0.2) is 24.3 Å². The smallest absolute Gasteiger partial charge is 0.253 e. The zero-order valence-electron chi connectivity index (χ0n) is 7.74. The summed E-state index contributed by atoms with van der Waals surface area (Å²) in [4.78, 5) is 13.0. The Bertz CT molecular complexity index is 343. The minimum atomic E-state index is -0.0106. The molecule has 0 aliphatic carbocycles. The van der Waals surface area contributed by atoms with Crippen LogP contribution in [0.1, 0.15) is 15.9 Å². The van der Waals surface area contributed by atoms with Gasteiger partial charge in [-0.3, -0.25) is 4.79 Å². The maximum absolute atomic E-state index is 11.4. The van der Waals surface area contributed by atoms with Crippen molar-refractivity contribution in [3.8, 4) is 12.3 Å². The summed E-state index contributed by atoms with van der Waals surface area (Å²) in [6, 6.07) is 6.99. The summed E-state index contributed by atoms with van der Waals surface area (Å²) in [7, 11) is 3.44. The molecule has 0 bridgehead atoms. The molecule has 0 saturated heterocycles. The number of terminal acetylenes is 1. The van der Waals surface area contributed by atoms with Crippen molar-refractivity contribution in [1.29, 1.82) is 0 Å². The first-order chi connectivity index (χ1) is 6.15. The van der Waals surface area contributed by atoms with Crippen molar-refractivity contribution in [3.05, 3.63) is 35.4 Å². The lowest BCUT2D eigenvalue weighted by Gasteiger charge is -2.09. The lowest BCUT2D eigenvalue weighted by molar-refractivity contribution is 0.0827. The SMILES string of the molecule is C#Cc1ccc(C(=O)N(C)C)cc1. The molecule has 0 unspecified atom stereocenters. The van der Waals surface area contributed by atoms with Gasteiger partial charge in [-0.1, -0.05) is 5.92 Å². The Kier molecular flexibility index (Phi) is 2.71. The Labute approximate surface area is 78.2 Å². The average molecular weight is 173 g/mol. The van der Waals surface area contributed by atoms with E-state index in [0.717, 1.165) is 5.56 Å². The van der Waals surface area contributed by atoms with Crippen molar-refractivity contribution >= 4 is 5.91 Å². The minimum Gasteiger partial charge on any atom is -0.345 e. The Balaban J connectivity index is 2.94. The highest BCUT2D eigenvalue weighted by Gasteiger charge is 2.05. The predicted octanol–water partition coefficient (Wildman–Crippen LogP) is 1.37. The molecule has 0 saturated carbocycles. The minimum absolute atomic E-state index is 0.0106. The summed E-state index contributed by atoms with van der Waals surface area (Å²) < 4.78 is 0. The zero-order chi connectivity index (χ0) is 9.84. The fraction of sp³-hybridized carbons (Fsp3) is 0.182. The van der Waals surface area contributed by atoms with Crippen LogP contribution in [-0.4, -0.2) is 24.9 Å². The van der Waals surface area contributed by atoms with Crippen LogP contribution in [0.2, 0.25) is 0 Å². The standard InChI is InChI=1S/C11H11NO/c1-4-9-5-7-10(8-6-9)11(13)12(2)3/h1,5-8H,2-3H3. The molecule has 0 N–H and O–H groups in total. The van der Waals surface area contributed by atoms with Gasteiger partial charge in [-0.25, -0.2) is 0 Å². The molecule has 2 heteroatoms. The molecule has 0 aliphatic rings. The van der Waals surface area contributed by atoms with Crippen LogP contribution in [0, 0.1) is 12.3 Å². The highest BCUT2D eigenvalue weighted by atomic mass is 16.2. The third-order valence-corrected chi connectivity index (χ3v) is 1.70. The number of amides is 1. The van der Waals surface area contributed by atoms with Gasteiger partial charge in [0, 0.05) is 25.2 Å². The first kappa shape index (κ1) is 9.34. The quantitative estimate of drug-likeness (QED) is 0.587. The molecule has 0 spiro atoms. The summed E-state index contributed by atoms with van der Waals surface area (Å²) in [5.41, 5.74) is 1.44. The van der Waals surface area contributed by atoms with E-state index in [4.69, 9.17) is 6.42 Å². The summed E-state index contributed by atoms with van der Waals surface area (Å²) in [5, 5.41) is 0. The van der Waals surface area contributed by atoms with E-state index in [2.05, 4.69) is 5.92 Å². The van der Waals surface area contributed by atoms with Crippen molar-refractivity contribution in [2.45, 2.75) is 0 Å². The second-order valence-electron chi connectivity index (χ2n) is 2.92. The summed E-state index contributed by atoms with van der Waals surface area (Å²) in [6.07, 6.45) is 5.19. The van der Waals surface area contributed by atoms with Crippen LogP contribution >= 0.6 is 0 Å². The lowest BCUT2D eigenvalue weighted by atomic mass is 10.1. The Morgan fingerprint density at radius 2 is 1.85 bits per heavy atom. The second kappa shape index (κ2) is 3.77. The molecule has 66 valence electrons. The molecule has 0 aromatic heterocycles. The van der Waals surface area contributed by atoms with E-state index in [-0.39, 0.29) is 5.91 Å². The molecule has 0 fully saturated rings. The van der Waals surface area contributed by atoms with Crippen LogP contribution in [0.4, 0.5) is 0 Å². The van der Waals surface area contributed by atoms with Crippen molar-refractivity contribution < 1.29 is 4.79 Å². The number of benzene rings is 1. The Hall–Kier alpha value is -1.75. The molecule has 0 atom stereocenters. The van der Waals surface area contributed by atoms with E-state index in [9.17, 15) is 4.79 Å². The van der Waals surface area contributed by atoms with Gasteiger partial charge in [0.25, 0.3) is 5.91 Å². The summed E-state index contributed by atoms with van der Waals surface area (Å²) in [5.74, 6) is 2.49. The van der Waals surface area contributed by atoms with Crippen LogP contribution in [0.25, 0.3) is 0 Å². The van der Waals surface area contributed by atoms with Gasteiger partial charge < -0.3 is 4.90 Å². The first-order valence-corrected chi connectivity index (χ1v) is 3.93. The van der Waals surface area contributed by atoms with Crippen LogP contribution in [0.3, 0.4) is 0 Å². The summed E-state index contributed by atoms with van der Waals surface area (Å²) >= 11 is 0. The van der Waals surface area contributed by atoms with E-state index < -0.39 is 0 Å². The van der Waals surface area contributed by atoms with E-state index in [1.807, 2.05) is 0 Å². The molecular weight excluding hydrogens is 162 g/mol. The normalized spacial score (nSPS) is 9.00. The van der Waals surface area contributed by atoms with Gasteiger partial charge in [-0.05, 0) is 24.3 Å². The molecule has 0 heterocycles. The number of carbonyl (C=O) groups is 1. The van der Waals surface area contributed by atoms with Gasteiger partial charge >= 0.3 is 0 Å². The van der Waals surface area contributed by atoms with E-state index >= 15 is 0 Å². The first-order valence-electron chi connectivity index (χ1n) is 3.93. The van der Waals surface area contributed by atoms with E-state index in [1.165, 1.54) is 4.90 Å². The van der Waals surface area contributed by atoms with Crippen LogP contribution < -0.4 is 0 Å². The molecule has 13 heavy (non-hydrogen) atoms. The predicted molar refractivity (Wildman–Crippen MR) is 52.4 cm³/mol. The molecule has 0 radical (unpaired) electrons. The van der Waals surface area contributed by atoms with E-state index in [0.29, 0.717) is 5.56 Å². The molecule has 1 aromatic rings. The van der Waals surface area contributed by atoms with Gasteiger partial charge in [-0.15, -0.1) is 6.42 Å². The number of hydrogen-bond donors (Lipinski definition) is 0. The van der Waals surface area contributed by atoms with Gasteiger partial charge in [-0.2, -0.15) is 0 Å². The van der Waals surface area contributed by atoms with Crippen molar-refractivity contribution in [2.24, 2.45) is 0 Å². The maximum atomic E-state index is 11.4. The van der Waals surface area contributed by atoms with Crippen molar-refractivity contribution in [3.63, 3.8) is 0 Å². The zero-order valence-corrected chi connectivity index (χ0v) is 7.74. The molecule has 1 rings (SSSR count). The number of hydrogen-bond acceptors (Lipinski definition) is 1. The fourth-order valence-electron chi connectivity index (χ4n) is 0.967. The highest BCUT2D eigenvalue weighted by Crippen LogP contribution is 2.04. The fourth-order valence-corrected chi connectivity index (χ4v) is 0.967. The van der Waals surface area contributed by atoms with Gasteiger partial charge in [0.05, 0.1) is 0 Å². The Morgan fingerprint density at radius 1 is 1.31 bits per heavy atom. The van der Waals surface area contributed by atoms with E-state index in [1.54, 1.807) is 38.4 Å². The number of rotatable bonds is 1. The molecule has 1 amide bonds. The maximum Gasteiger partial charge on any atom is 0.253 e. The van der Waals surface area contributed by atoms with Crippen LogP contribution in [0.5, 0.6) is 0 Å². The average Bonchev–Trinajstić information content (AvgIpc) is 2.17. The molecule has 1 aromatic carbocycles. The molecule has 0 aliphatic heterocycles. The van der Waals surface area contributed by atoms with Gasteiger partial charge in [0.2, 0.25) is 0 Å². The number of carbonyl (C=O) groups excluding carboxylic acids is 1. The second-order valence-corrected chi connectivity index (χ2v) is 2.92. The monoisotopic (exact) mass is 173 g/mol. The van der Waals surface area contributed by atoms with Gasteiger partial charge in [0.15, 0.2) is 0 Å². The van der Waals surface area contributed by atoms with Gasteiger partial charge in [0.1, 0.15) is 0 Å². The third-order valence-electron chi connectivity index (χ3n) is 1.70. The highest BCUT2D eigenvalue weighted by molar-refractivity contribution is 5.93. The Morgan fingerprint density at radius 3 is 2.23 bits per heavy atom. The van der Waals surface area contributed by atoms with Crippen molar-refractivity contribution in [1.82, 2.24) is 4.90 Å². The largest absolute Gasteiger partial charge is 0.345 e.